The van der Waals surface area contributed by atoms with E-state index in [-0.39, 0.29) is 17.4 Å². The highest BCUT2D eigenvalue weighted by Gasteiger charge is 2.51. The van der Waals surface area contributed by atoms with Gasteiger partial charge >= 0.3 is 0 Å². The topological polar surface area (TPSA) is 29.5 Å². The summed E-state index contributed by atoms with van der Waals surface area (Å²) in [6.07, 6.45) is 5.98. The Morgan fingerprint density at radius 2 is 1.96 bits per heavy atom. The first-order chi connectivity index (χ1) is 12.4. The number of ether oxygens (including phenoxy) is 1. The first kappa shape index (κ1) is 19.6. The van der Waals surface area contributed by atoms with E-state index in [0.29, 0.717) is 18.3 Å². The zero-order chi connectivity index (χ0) is 18.7. The Morgan fingerprint density at radius 1 is 1.23 bits per heavy atom. The summed E-state index contributed by atoms with van der Waals surface area (Å²) in [5, 5.41) is 0. The fourth-order valence-corrected chi connectivity index (χ4v) is 4.83. The van der Waals surface area contributed by atoms with Crippen LogP contribution in [-0.4, -0.2) is 28.6 Å². The van der Waals surface area contributed by atoms with Crippen LogP contribution in [0.3, 0.4) is 0 Å². The third-order valence-electron chi connectivity index (χ3n) is 6.54. The summed E-state index contributed by atoms with van der Waals surface area (Å²) in [7, 11) is 0. The molecule has 26 heavy (non-hydrogen) atoms. The standard InChI is InChI=1S/C23H35NO2/c1-5-6-12-20(25)22-24(16-18-10-8-7-9-11-18)23(3,4)19-14-13-17(2)15-21(19)26-22/h7-11,17,19,21-22H,5-6,12-16H2,1-4H3/t17-,19-,21-,22+/m1/s1. The van der Waals surface area contributed by atoms with Crippen LogP contribution in [-0.2, 0) is 16.1 Å². The van der Waals surface area contributed by atoms with Crippen molar-refractivity contribution < 1.29 is 9.53 Å². The Balaban J connectivity index is 1.88. The van der Waals surface area contributed by atoms with Crippen LogP contribution in [0.25, 0.3) is 0 Å². The van der Waals surface area contributed by atoms with Crippen LogP contribution in [0.2, 0.25) is 0 Å². The van der Waals surface area contributed by atoms with E-state index in [1.165, 1.54) is 18.4 Å². The molecule has 0 aromatic heterocycles. The minimum Gasteiger partial charge on any atom is -0.352 e. The predicted octanol–water partition coefficient (Wildman–Crippen LogP) is 5.19. The van der Waals surface area contributed by atoms with Gasteiger partial charge in [0.15, 0.2) is 12.0 Å². The SMILES string of the molecule is CCCCC(=O)[C@@H]1O[C@@H]2C[C@H](C)CC[C@H]2C(C)(C)N1Cc1ccccc1. The first-order valence-electron chi connectivity index (χ1n) is 10.4. The summed E-state index contributed by atoms with van der Waals surface area (Å²) in [6, 6.07) is 10.5. The Hall–Kier alpha value is -1.19. The lowest BCUT2D eigenvalue weighted by Gasteiger charge is -2.57. The number of nitrogens with zero attached hydrogens (tertiary/aromatic N) is 1. The number of fused-ring (bicyclic) bond motifs is 1. The molecule has 1 aromatic rings. The lowest BCUT2D eigenvalue weighted by molar-refractivity contribution is -0.231. The molecule has 1 aliphatic carbocycles. The third-order valence-corrected chi connectivity index (χ3v) is 6.54. The Bertz CT molecular complexity index is 597. The lowest BCUT2D eigenvalue weighted by atomic mass is 9.69. The highest BCUT2D eigenvalue weighted by atomic mass is 16.5. The molecular formula is C23H35NO2. The number of ketones is 1. The zero-order valence-corrected chi connectivity index (χ0v) is 16.9. The Kier molecular flexibility index (Phi) is 6.19. The van der Waals surface area contributed by atoms with Crippen LogP contribution in [0.1, 0.15) is 71.8 Å². The third kappa shape index (κ3) is 4.04. The van der Waals surface area contributed by atoms with E-state index in [2.05, 4.69) is 56.9 Å². The van der Waals surface area contributed by atoms with Gasteiger partial charge in [0.05, 0.1) is 6.10 Å². The molecule has 1 aliphatic heterocycles. The minimum atomic E-state index is -0.400. The number of Topliss-reactive ketones (excluding diaryl/α,β-unsaturated/α-hetero) is 1. The van der Waals surface area contributed by atoms with E-state index in [0.717, 1.165) is 25.8 Å². The Morgan fingerprint density at radius 3 is 2.65 bits per heavy atom. The molecule has 2 aliphatic rings. The van der Waals surface area contributed by atoms with Gasteiger partial charge in [-0.05, 0) is 44.6 Å². The molecule has 3 heteroatoms. The summed E-state index contributed by atoms with van der Waals surface area (Å²) in [5.41, 5.74) is 1.21. The van der Waals surface area contributed by atoms with Gasteiger partial charge in [-0.2, -0.15) is 0 Å². The summed E-state index contributed by atoms with van der Waals surface area (Å²) in [6.45, 7) is 9.88. The van der Waals surface area contributed by atoms with Gasteiger partial charge in [0, 0.05) is 24.4 Å². The van der Waals surface area contributed by atoms with Crippen LogP contribution in [0, 0.1) is 11.8 Å². The summed E-state index contributed by atoms with van der Waals surface area (Å²) < 4.78 is 6.52. The maximum absolute atomic E-state index is 13.0. The van der Waals surface area contributed by atoms with Crippen LogP contribution in [0.5, 0.6) is 0 Å². The van der Waals surface area contributed by atoms with Crippen molar-refractivity contribution in [3.8, 4) is 0 Å². The molecule has 3 nitrogen and oxygen atoms in total. The van der Waals surface area contributed by atoms with E-state index < -0.39 is 6.23 Å². The van der Waals surface area contributed by atoms with Crippen molar-refractivity contribution in [2.75, 3.05) is 0 Å². The fraction of sp³-hybridized carbons (Fsp3) is 0.696. The quantitative estimate of drug-likeness (QED) is 0.702. The van der Waals surface area contributed by atoms with E-state index in [4.69, 9.17) is 4.74 Å². The summed E-state index contributed by atoms with van der Waals surface area (Å²) in [5.74, 6) is 1.45. The van der Waals surface area contributed by atoms with Gasteiger partial charge in [0.25, 0.3) is 0 Å². The molecule has 0 amide bonds. The number of benzene rings is 1. The average Bonchev–Trinajstić information content (AvgIpc) is 2.62. The predicted molar refractivity (Wildman–Crippen MR) is 106 cm³/mol. The number of carbonyl (C=O) groups is 1. The Labute approximate surface area is 159 Å². The largest absolute Gasteiger partial charge is 0.352 e. The van der Waals surface area contributed by atoms with E-state index >= 15 is 0 Å². The molecule has 2 fully saturated rings. The normalized spacial score (nSPS) is 31.4. The van der Waals surface area contributed by atoms with Crippen molar-refractivity contribution in [2.45, 2.75) is 90.6 Å². The van der Waals surface area contributed by atoms with Crippen LogP contribution in [0.4, 0.5) is 0 Å². The molecule has 0 radical (unpaired) electrons. The van der Waals surface area contributed by atoms with E-state index in [9.17, 15) is 4.79 Å². The minimum absolute atomic E-state index is 0.0363. The molecule has 1 heterocycles. The molecular weight excluding hydrogens is 322 g/mol. The smallest absolute Gasteiger partial charge is 0.176 e. The van der Waals surface area contributed by atoms with Gasteiger partial charge in [0.1, 0.15) is 0 Å². The highest BCUT2D eigenvalue weighted by molar-refractivity contribution is 5.83. The van der Waals surface area contributed by atoms with Crippen molar-refractivity contribution >= 4 is 5.78 Å². The monoisotopic (exact) mass is 357 g/mol. The van der Waals surface area contributed by atoms with E-state index in [1.807, 2.05) is 6.07 Å². The van der Waals surface area contributed by atoms with Gasteiger partial charge in [-0.3, -0.25) is 9.69 Å². The van der Waals surface area contributed by atoms with Gasteiger partial charge in [-0.1, -0.05) is 57.0 Å². The average molecular weight is 358 g/mol. The second kappa shape index (κ2) is 8.22. The van der Waals surface area contributed by atoms with Crippen molar-refractivity contribution in [1.29, 1.82) is 0 Å². The molecule has 1 saturated heterocycles. The number of unbranched alkanes of at least 4 members (excludes halogenated alkanes) is 1. The molecule has 0 bridgehead atoms. The van der Waals surface area contributed by atoms with Crippen molar-refractivity contribution in [2.24, 2.45) is 11.8 Å². The van der Waals surface area contributed by atoms with Gasteiger partial charge in [-0.15, -0.1) is 0 Å². The second-order valence-electron chi connectivity index (χ2n) is 8.89. The molecule has 4 atom stereocenters. The van der Waals surface area contributed by atoms with Gasteiger partial charge in [0.2, 0.25) is 0 Å². The maximum Gasteiger partial charge on any atom is 0.176 e. The highest BCUT2D eigenvalue weighted by Crippen LogP contribution is 2.45. The molecule has 1 saturated carbocycles. The molecule has 0 spiro atoms. The summed E-state index contributed by atoms with van der Waals surface area (Å²) >= 11 is 0. The molecule has 1 aromatic carbocycles. The number of hydrogen-bond donors (Lipinski definition) is 0. The fourth-order valence-electron chi connectivity index (χ4n) is 4.83. The first-order valence-corrected chi connectivity index (χ1v) is 10.4. The number of carbonyl (C=O) groups excluding carboxylic acids is 1. The van der Waals surface area contributed by atoms with Crippen molar-refractivity contribution in [3.05, 3.63) is 35.9 Å². The zero-order valence-electron chi connectivity index (χ0n) is 16.9. The van der Waals surface area contributed by atoms with E-state index in [1.54, 1.807) is 0 Å². The molecule has 3 rings (SSSR count). The van der Waals surface area contributed by atoms with Crippen molar-refractivity contribution in [1.82, 2.24) is 4.90 Å². The number of rotatable bonds is 6. The lowest BCUT2D eigenvalue weighted by Crippen LogP contribution is -2.66. The van der Waals surface area contributed by atoms with Crippen LogP contribution in [0.15, 0.2) is 30.3 Å². The van der Waals surface area contributed by atoms with Gasteiger partial charge < -0.3 is 4.74 Å². The number of hydrogen-bond acceptors (Lipinski definition) is 3. The van der Waals surface area contributed by atoms with Crippen molar-refractivity contribution in [3.63, 3.8) is 0 Å². The van der Waals surface area contributed by atoms with Gasteiger partial charge in [-0.25, -0.2) is 0 Å². The molecule has 0 N–H and O–H groups in total. The molecule has 0 unspecified atom stereocenters. The maximum atomic E-state index is 13.0. The molecule has 144 valence electrons. The van der Waals surface area contributed by atoms with Crippen LogP contribution >= 0.6 is 0 Å². The summed E-state index contributed by atoms with van der Waals surface area (Å²) in [4.78, 5) is 15.4. The van der Waals surface area contributed by atoms with Crippen LogP contribution < -0.4 is 0 Å². The second-order valence-corrected chi connectivity index (χ2v) is 8.89.